The van der Waals surface area contributed by atoms with Gasteiger partial charge in [-0.15, -0.1) is 0 Å². The van der Waals surface area contributed by atoms with Gasteiger partial charge in [-0.25, -0.2) is 0 Å². The highest BCUT2D eigenvalue weighted by Gasteiger charge is 2.39. The zero-order valence-corrected chi connectivity index (χ0v) is 17.8. The first-order valence-corrected chi connectivity index (χ1v) is 10.9. The first kappa shape index (κ1) is 21.2. The van der Waals surface area contributed by atoms with Crippen molar-refractivity contribution in [1.29, 1.82) is 0 Å². The van der Waals surface area contributed by atoms with Gasteiger partial charge in [-0.1, -0.05) is 43.5 Å². The minimum Gasteiger partial charge on any atom is -0.322 e. The van der Waals surface area contributed by atoms with Gasteiger partial charge < -0.3 is 4.90 Å². The van der Waals surface area contributed by atoms with E-state index >= 15 is 0 Å². The largest absolute Gasteiger partial charge is 0.322 e. The zero-order chi connectivity index (χ0) is 22.0. The molecular formula is C25H29N3O3. The van der Waals surface area contributed by atoms with Crippen molar-refractivity contribution in [2.45, 2.75) is 44.2 Å². The van der Waals surface area contributed by atoms with Gasteiger partial charge in [-0.2, -0.15) is 0 Å². The molecule has 2 saturated heterocycles. The molecule has 162 valence electrons. The van der Waals surface area contributed by atoms with Crippen LogP contribution in [0.1, 0.15) is 53.1 Å². The predicted molar refractivity (Wildman–Crippen MR) is 119 cm³/mol. The van der Waals surface area contributed by atoms with E-state index in [1.165, 1.54) is 11.1 Å². The number of imide groups is 1. The van der Waals surface area contributed by atoms with Crippen molar-refractivity contribution in [3.05, 3.63) is 71.8 Å². The quantitative estimate of drug-likeness (QED) is 0.569. The Labute approximate surface area is 183 Å². The fourth-order valence-corrected chi connectivity index (χ4v) is 4.87. The molecule has 1 atom stereocenters. The molecule has 3 heterocycles. The standard InChI is InChI=1S/C25H29N3O3/c1-3-5-17(4-2)15-27-12-10-18(11-13-27)19-6-7-21-20(14-19)16-28(25(21)31)22-8-9-23(29)26-24(22)30/h3-7,14,18,22H,1-2,8-13,15-16H2,(H,26,29,30)/b17-5+. The van der Waals surface area contributed by atoms with Crippen LogP contribution in [0.3, 0.4) is 0 Å². The second kappa shape index (κ2) is 9.02. The molecule has 3 amide bonds. The maximum absolute atomic E-state index is 12.9. The molecule has 1 aromatic carbocycles. The lowest BCUT2D eigenvalue weighted by molar-refractivity contribution is -0.136. The Bertz CT molecular complexity index is 957. The fourth-order valence-electron chi connectivity index (χ4n) is 4.87. The molecule has 31 heavy (non-hydrogen) atoms. The molecule has 0 spiro atoms. The van der Waals surface area contributed by atoms with Crippen LogP contribution in [0.2, 0.25) is 0 Å². The van der Waals surface area contributed by atoms with Gasteiger partial charge in [0.25, 0.3) is 5.91 Å². The van der Waals surface area contributed by atoms with Crippen LogP contribution in [0.15, 0.2) is 55.2 Å². The minimum absolute atomic E-state index is 0.114. The lowest BCUT2D eigenvalue weighted by Gasteiger charge is -2.32. The summed E-state index contributed by atoms with van der Waals surface area (Å²) in [4.78, 5) is 40.6. The second-order valence-corrected chi connectivity index (χ2v) is 8.55. The number of amides is 3. The van der Waals surface area contributed by atoms with Crippen molar-refractivity contribution >= 4 is 17.7 Å². The fraction of sp³-hybridized carbons (Fsp3) is 0.400. The minimum atomic E-state index is -0.563. The van der Waals surface area contributed by atoms with Crippen molar-refractivity contribution in [2.24, 2.45) is 0 Å². The zero-order valence-electron chi connectivity index (χ0n) is 17.8. The number of carbonyl (C=O) groups excluding carboxylic acids is 3. The molecule has 1 unspecified atom stereocenters. The number of hydrogen-bond acceptors (Lipinski definition) is 4. The lowest BCUT2D eigenvalue weighted by atomic mass is 9.87. The van der Waals surface area contributed by atoms with E-state index in [1.54, 1.807) is 11.0 Å². The van der Waals surface area contributed by atoms with E-state index < -0.39 is 6.04 Å². The van der Waals surface area contributed by atoms with Crippen LogP contribution < -0.4 is 5.32 Å². The third-order valence-corrected chi connectivity index (χ3v) is 6.61. The SMILES string of the molecule is C=C/C=C(\C=C)CN1CCC(c2ccc3c(c2)CN(C2CCC(=O)NC2=O)C3=O)CC1. The molecule has 0 bridgehead atoms. The summed E-state index contributed by atoms with van der Waals surface area (Å²) in [6, 6.07) is 5.56. The topological polar surface area (TPSA) is 69.7 Å². The second-order valence-electron chi connectivity index (χ2n) is 8.55. The maximum atomic E-state index is 12.9. The van der Waals surface area contributed by atoms with Crippen molar-refractivity contribution in [3.8, 4) is 0 Å². The number of benzene rings is 1. The van der Waals surface area contributed by atoms with E-state index in [9.17, 15) is 14.4 Å². The third kappa shape index (κ3) is 4.39. The van der Waals surface area contributed by atoms with Crippen molar-refractivity contribution < 1.29 is 14.4 Å². The van der Waals surface area contributed by atoms with E-state index in [0.717, 1.165) is 38.0 Å². The van der Waals surface area contributed by atoms with Crippen LogP contribution in [0.5, 0.6) is 0 Å². The van der Waals surface area contributed by atoms with E-state index in [1.807, 2.05) is 18.2 Å². The molecule has 3 aliphatic rings. The van der Waals surface area contributed by atoms with Crippen LogP contribution in [-0.4, -0.2) is 53.2 Å². The van der Waals surface area contributed by atoms with Crippen LogP contribution >= 0.6 is 0 Å². The van der Waals surface area contributed by atoms with Gasteiger partial charge in [0, 0.05) is 25.1 Å². The van der Waals surface area contributed by atoms with E-state index in [4.69, 9.17) is 0 Å². The number of fused-ring (bicyclic) bond motifs is 1. The van der Waals surface area contributed by atoms with E-state index in [0.29, 0.717) is 24.4 Å². The number of likely N-dealkylation sites (tertiary alicyclic amines) is 1. The van der Waals surface area contributed by atoms with Gasteiger partial charge in [0.1, 0.15) is 6.04 Å². The number of nitrogens with zero attached hydrogens (tertiary/aromatic N) is 2. The van der Waals surface area contributed by atoms with Gasteiger partial charge in [-0.05, 0) is 61.0 Å². The molecule has 1 aromatic rings. The first-order valence-electron chi connectivity index (χ1n) is 10.9. The Balaban J connectivity index is 1.41. The summed E-state index contributed by atoms with van der Waals surface area (Å²) in [5.41, 5.74) is 4.11. The summed E-state index contributed by atoms with van der Waals surface area (Å²) in [6.45, 7) is 11.0. The number of hydrogen-bond donors (Lipinski definition) is 1. The summed E-state index contributed by atoms with van der Waals surface area (Å²) >= 11 is 0. The molecule has 0 aromatic heterocycles. The Morgan fingerprint density at radius 1 is 1.13 bits per heavy atom. The summed E-state index contributed by atoms with van der Waals surface area (Å²) in [6.07, 6.45) is 8.50. The lowest BCUT2D eigenvalue weighted by Crippen LogP contribution is -2.52. The van der Waals surface area contributed by atoms with E-state index in [-0.39, 0.29) is 24.1 Å². The maximum Gasteiger partial charge on any atom is 0.255 e. The van der Waals surface area contributed by atoms with Gasteiger partial charge >= 0.3 is 0 Å². The normalized spacial score (nSPS) is 23.0. The number of nitrogens with one attached hydrogen (secondary N) is 1. The molecule has 6 heteroatoms. The monoisotopic (exact) mass is 419 g/mol. The van der Waals surface area contributed by atoms with Gasteiger partial charge in [0.15, 0.2) is 0 Å². The molecule has 0 saturated carbocycles. The third-order valence-electron chi connectivity index (χ3n) is 6.61. The molecule has 0 aliphatic carbocycles. The number of rotatable bonds is 6. The van der Waals surface area contributed by atoms with Crippen LogP contribution in [0, 0.1) is 0 Å². The van der Waals surface area contributed by atoms with Gasteiger partial charge in [0.2, 0.25) is 11.8 Å². The number of piperidine rings is 2. The highest BCUT2D eigenvalue weighted by atomic mass is 16.2. The van der Waals surface area contributed by atoms with Crippen molar-refractivity contribution in [1.82, 2.24) is 15.1 Å². The van der Waals surface area contributed by atoms with Gasteiger partial charge in [0.05, 0.1) is 0 Å². The Kier molecular flexibility index (Phi) is 6.18. The molecular weight excluding hydrogens is 390 g/mol. The van der Waals surface area contributed by atoms with E-state index in [2.05, 4.69) is 35.5 Å². The van der Waals surface area contributed by atoms with Crippen molar-refractivity contribution in [3.63, 3.8) is 0 Å². The molecule has 4 rings (SSSR count). The average Bonchev–Trinajstić information content (AvgIpc) is 3.09. The first-order chi connectivity index (χ1) is 15.0. The molecule has 2 fully saturated rings. The highest BCUT2D eigenvalue weighted by molar-refractivity contribution is 6.05. The summed E-state index contributed by atoms with van der Waals surface area (Å²) < 4.78 is 0. The summed E-state index contributed by atoms with van der Waals surface area (Å²) in [5, 5.41) is 2.35. The van der Waals surface area contributed by atoms with Crippen LogP contribution in [0.25, 0.3) is 0 Å². The summed E-state index contributed by atoms with van der Waals surface area (Å²) in [5.74, 6) is -0.276. The Morgan fingerprint density at radius 3 is 2.58 bits per heavy atom. The molecule has 0 radical (unpaired) electrons. The van der Waals surface area contributed by atoms with Crippen molar-refractivity contribution in [2.75, 3.05) is 19.6 Å². The van der Waals surface area contributed by atoms with Crippen LogP contribution in [0.4, 0.5) is 0 Å². The Morgan fingerprint density at radius 2 is 1.90 bits per heavy atom. The average molecular weight is 420 g/mol. The molecule has 6 nitrogen and oxygen atoms in total. The predicted octanol–water partition coefficient (Wildman–Crippen LogP) is 2.93. The smallest absolute Gasteiger partial charge is 0.255 e. The van der Waals surface area contributed by atoms with Gasteiger partial charge in [-0.3, -0.25) is 24.6 Å². The Hall–Kier alpha value is -2.99. The molecule has 3 aliphatic heterocycles. The van der Waals surface area contributed by atoms with Crippen LogP contribution in [-0.2, 0) is 16.1 Å². The highest BCUT2D eigenvalue weighted by Crippen LogP contribution is 2.33. The molecule has 1 N–H and O–H groups in total. The summed E-state index contributed by atoms with van der Waals surface area (Å²) in [7, 11) is 0. The number of carbonyl (C=O) groups is 3. The number of allylic oxidation sites excluding steroid dienone is 2.